The number of ketones is 1. The molecule has 2 rings (SSSR count). The van der Waals surface area contributed by atoms with E-state index in [1.807, 2.05) is 55.5 Å². The van der Waals surface area contributed by atoms with Gasteiger partial charge >= 0.3 is 0 Å². The van der Waals surface area contributed by atoms with Crippen molar-refractivity contribution in [2.24, 2.45) is 0 Å². The predicted octanol–water partition coefficient (Wildman–Crippen LogP) is 4.57. The van der Waals surface area contributed by atoms with Gasteiger partial charge in [0.2, 0.25) is 5.91 Å². The van der Waals surface area contributed by atoms with Crippen LogP contribution in [0.1, 0.15) is 36.7 Å². The molecule has 1 atom stereocenters. The van der Waals surface area contributed by atoms with E-state index in [0.29, 0.717) is 0 Å². The summed E-state index contributed by atoms with van der Waals surface area (Å²) in [6.45, 7) is 5.50. The van der Waals surface area contributed by atoms with Crippen LogP contribution < -0.4 is 5.32 Å². The fraction of sp³-hybridized carbons (Fsp3) is 0.263. The Morgan fingerprint density at radius 3 is 2.17 bits per heavy atom. The summed E-state index contributed by atoms with van der Waals surface area (Å²) in [5.74, 6) is 0.0352. The number of carbonyl (C=O) groups excluding carboxylic acids is 2. The van der Waals surface area contributed by atoms with E-state index in [2.05, 4.69) is 12.2 Å². The Kier molecular flexibility index (Phi) is 5.99. The molecule has 1 N–H and O–H groups in total. The Bertz CT molecular complexity index is 678. The average molecular weight is 327 g/mol. The molecule has 0 saturated carbocycles. The van der Waals surface area contributed by atoms with E-state index >= 15 is 0 Å². The van der Waals surface area contributed by atoms with Crippen LogP contribution in [0.5, 0.6) is 0 Å². The summed E-state index contributed by atoms with van der Waals surface area (Å²) in [4.78, 5) is 24.5. The Balaban J connectivity index is 2.01. The van der Waals surface area contributed by atoms with Gasteiger partial charge in [0.05, 0.1) is 5.25 Å². The lowest BCUT2D eigenvalue weighted by molar-refractivity contribution is -0.114. The quantitative estimate of drug-likeness (QED) is 0.624. The van der Waals surface area contributed by atoms with Gasteiger partial charge in [0.15, 0.2) is 5.78 Å². The summed E-state index contributed by atoms with van der Waals surface area (Å²) in [6.07, 6.45) is 0.972. The third-order valence-corrected chi connectivity index (χ3v) is 4.62. The first kappa shape index (κ1) is 17.3. The number of carbonyl (C=O) groups is 2. The summed E-state index contributed by atoms with van der Waals surface area (Å²) >= 11 is 1.52. The zero-order chi connectivity index (χ0) is 16.8. The van der Waals surface area contributed by atoms with Gasteiger partial charge in [-0.2, -0.15) is 0 Å². The summed E-state index contributed by atoms with van der Waals surface area (Å²) in [5.41, 5.74) is 2.74. The van der Waals surface area contributed by atoms with E-state index in [4.69, 9.17) is 0 Å². The molecular formula is C19H21NO2S. The molecule has 120 valence electrons. The molecular weight excluding hydrogens is 306 g/mol. The van der Waals surface area contributed by atoms with Crippen LogP contribution in [0.3, 0.4) is 0 Å². The molecule has 3 nitrogen and oxygen atoms in total. The zero-order valence-corrected chi connectivity index (χ0v) is 14.4. The van der Waals surface area contributed by atoms with Crippen LogP contribution in [0.4, 0.5) is 5.69 Å². The number of hydrogen-bond acceptors (Lipinski definition) is 3. The Morgan fingerprint density at radius 1 is 1.04 bits per heavy atom. The average Bonchev–Trinajstić information content (AvgIpc) is 2.55. The number of thioether (sulfide) groups is 1. The van der Waals surface area contributed by atoms with E-state index in [-0.39, 0.29) is 16.9 Å². The first-order chi connectivity index (χ1) is 11.0. The Morgan fingerprint density at radius 2 is 1.65 bits per heavy atom. The molecule has 0 aromatic heterocycles. The molecule has 2 aromatic carbocycles. The van der Waals surface area contributed by atoms with Crippen molar-refractivity contribution < 1.29 is 9.59 Å². The van der Waals surface area contributed by atoms with Gasteiger partial charge in [-0.25, -0.2) is 0 Å². The second-order valence-electron chi connectivity index (χ2n) is 5.38. The molecule has 0 spiro atoms. The van der Waals surface area contributed by atoms with Gasteiger partial charge in [-0.1, -0.05) is 31.2 Å². The molecule has 0 radical (unpaired) electrons. The lowest BCUT2D eigenvalue weighted by Gasteiger charge is -2.11. The maximum Gasteiger partial charge on any atom is 0.221 e. The highest BCUT2D eigenvalue weighted by molar-refractivity contribution is 8.00. The first-order valence-electron chi connectivity index (χ1n) is 7.67. The maximum atomic E-state index is 12.5. The molecule has 23 heavy (non-hydrogen) atoms. The second-order valence-corrected chi connectivity index (χ2v) is 6.79. The van der Waals surface area contributed by atoms with Gasteiger partial charge in [-0.15, -0.1) is 11.8 Å². The van der Waals surface area contributed by atoms with Crippen molar-refractivity contribution in [1.82, 2.24) is 0 Å². The molecule has 0 unspecified atom stereocenters. The summed E-state index contributed by atoms with van der Waals surface area (Å²) in [5, 5.41) is 2.57. The number of hydrogen-bond donors (Lipinski definition) is 1. The van der Waals surface area contributed by atoms with Crippen LogP contribution in [0.25, 0.3) is 0 Å². The normalized spacial score (nSPS) is 11.8. The van der Waals surface area contributed by atoms with E-state index in [1.54, 1.807) is 0 Å². The van der Waals surface area contributed by atoms with E-state index in [1.165, 1.54) is 24.2 Å². The van der Waals surface area contributed by atoms with Crippen molar-refractivity contribution in [3.63, 3.8) is 0 Å². The van der Waals surface area contributed by atoms with Gasteiger partial charge in [0, 0.05) is 23.1 Å². The summed E-state index contributed by atoms with van der Waals surface area (Å²) in [6, 6.07) is 15.3. The fourth-order valence-electron chi connectivity index (χ4n) is 2.22. The summed E-state index contributed by atoms with van der Waals surface area (Å²) in [7, 11) is 0. The monoisotopic (exact) mass is 327 g/mol. The number of amides is 1. The minimum Gasteiger partial charge on any atom is -0.326 e. The smallest absolute Gasteiger partial charge is 0.221 e. The Labute approximate surface area is 141 Å². The van der Waals surface area contributed by atoms with Crippen LogP contribution in [0.15, 0.2) is 53.4 Å². The van der Waals surface area contributed by atoms with E-state index < -0.39 is 0 Å². The van der Waals surface area contributed by atoms with Crippen LogP contribution in [0, 0.1) is 0 Å². The lowest BCUT2D eigenvalue weighted by atomic mass is 10.1. The molecule has 1 amide bonds. The van der Waals surface area contributed by atoms with Crippen molar-refractivity contribution >= 4 is 29.1 Å². The highest BCUT2D eigenvalue weighted by atomic mass is 32.2. The SMILES string of the molecule is CCc1ccc(C(=O)[C@@H](C)Sc2ccc(NC(C)=O)cc2)cc1. The molecule has 0 aliphatic rings. The molecule has 0 heterocycles. The highest BCUT2D eigenvalue weighted by Gasteiger charge is 2.16. The maximum absolute atomic E-state index is 12.5. The minimum atomic E-state index is -0.158. The Hall–Kier alpha value is -2.07. The van der Waals surface area contributed by atoms with Crippen LogP contribution >= 0.6 is 11.8 Å². The van der Waals surface area contributed by atoms with E-state index in [9.17, 15) is 9.59 Å². The lowest BCUT2D eigenvalue weighted by Crippen LogP contribution is -2.13. The number of anilines is 1. The van der Waals surface area contributed by atoms with Crippen molar-refractivity contribution in [3.8, 4) is 0 Å². The molecule has 0 aliphatic carbocycles. The minimum absolute atomic E-state index is 0.0931. The molecule has 0 fully saturated rings. The zero-order valence-electron chi connectivity index (χ0n) is 13.6. The fourth-order valence-corrected chi connectivity index (χ4v) is 3.16. The molecule has 4 heteroatoms. The molecule has 0 aliphatic heterocycles. The van der Waals surface area contributed by atoms with Crippen molar-refractivity contribution in [2.45, 2.75) is 37.3 Å². The number of rotatable bonds is 6. The van der Waals surface area contributed by atoms with E-state index in [0.717, 1.165) is 22.6 Å². The van der Waals surface area contributed by atoms with Crippen molar-refractivity contribution in [3.05, 3.63) is 59.7 Å². The largest absolute Gasteiger partial charge is 0.326 e. The van der Waals surface area contributed by atoms with Crippen molar-refractivity contribution in [2.75, 3.05) is 5.32 Å². The second kappa shape index (κ2) is 7.97. The van der Waals surface area contributed by atoms with Crippen LogP contribution in [-0.2, 0) is 11.2 Å². The number of Topliss-reactive ketones (excluding diaryl/α,β-unsaturated/α-hetero) is 1. The topological polar surface area (TPSA) is 46.2 Å². The van der Waals surface area contributed by atoms with Gasteiger partial charge in [-0.3, -0.25) is 9.59 Å². The standard InChI is InChI=1S/C19H21NO2S/c1-4-15-5-7-16(8-6-15)19(22)13(2)23-18-11-9-17(10-12-18)20-14(3)21/h5-13H,4H2,1-3H3,(H,20,21)/t13-/m1/s1. The number of benzene rings is 2. The van der Waals surface area contributed by atoms with Gasteiger partial charge < -0.3 is 5.32 Å². The van der Waals surface area contributed by atoms with Crippen molar-refractivity contribution in [1.29, 1.82) is 0 Å². The molecule has 0 bridgehead atoms. The number of nitrogens with one attached hydrogen (secondary N) is 1. The molecule has 2 aromatic rings. The van der Waals surface area contributed by atoms with Crippen LogP contribution in [-0.4, -0.2) is 16.9 Å². The first-order valence-corrected chi connectivity index (χ1v) is 8.55. The highest BCUT2D eigenvalue weighted by Crippen LogP contribution is 2.27. The summed E-state index contributed by atoms with van der Waals surface area (Å²) < 4.78 is 0. The molecule has 0 saturated heterocycles. The predicted molar refractivity (Wildman–Crippen MR) is 96.2 cm³/mol. The third kappa shape index (κ3) is 4.96. The third-order valence-electron chi connectivity index (χ3n) is 3.50. The van der Waals surface area contributed by atoms with Gasteiger partial charge in [-0.05, 0) is 43.2 Å². The van der Waals surface area contributed by atoms with Gasteiger partial charge in [0.25, 0.3) is 0 Å². The van der Waals surface area contributed by atoms with Crippen LogP contribution in [0.2, 0.25) is 0 Å². The number of aryl methyl sites for hydroxylation is 1. The van der Waals surface area contributed by atoms with Gasteiger partial charge in [0.1, 0.15) is 0 Å².